The van der Waals surface area contributed by atoms with Gasteiger partial charge in [0.15, 0.2) is 0 Å². The minimum absolute atomic E-state index is 0.839. The Morgan fingerprint density at radius 1 is 1.05 bits per heavy atom. The molecule has 1 aromatic carbocycles. The maximum absolute atomic E-state index is 5.76. The van der Waals surface area contributed by atoms with Gasteiger partial charge in [0.2, 0.25) is 0 Å². The maximum atomic E-state index is 5.76. The van der Waals surface area contributed by atoms with E-state index in [2.05, 4.69) is 36.1 Å². The van der Waals surface area contributed by atoms with Crippen LogP contribution in [0.2, 0.25) is 0 Å². The van der Waals surface area contributed by atoms with Gasteiger partial charge in [0.25, 0.3) is 0 Å². The molecule has 0 unspecified atom stereocenters. The number of hydrogen-bond acceptors (Lipinski definition) is 2. The fourth-order valence-electron chi connectivity index (χ4n) is 4.18. The van der Waals surface area contributed by atoms with Crippen LogP contribution in [-0.2, 0) is 6.54 Å². The zero-order chi connectivity index (χ0) is 15.2. The highest BCUT2D eigenvalue weighted by molar-refractivity contribution is 5.27. The minimum atomic E-state index is 0.839. The molecule has 2 heteroatoms. The molecule has 3 rings (SSSR count). The van der Waals surface area contributed by atoms with Gasteiger partial charge in [-0.05, 0) is 62.3 Å². The van der Waals surface area contributed by atoms with E-state index in [4.69, 9.17) is 4.74 Å². The van der Waals surface area contributed by atoms with Crippen LogP contribution >= 0.6 is 0 Å². The van der Waals surface area contributed by atoms with Crippen molar-refractivity contribution in [2.24, 2.45) is 5.92 Å². The number of ether oxygens (including phenoxy) is 1. The largest absolute Gasteiger partial charge is 0.494 e. The summed E-state index contributed by atoms with van der Waals surface area (Å²) in [5.41, 5.74) is 1.44. The third-order valence-electron chi connectivity index (χ3n) is 5.43. The zero-order valence-corrected chi connectivity index (χ0v) is 14.1. The average molecular weight is 301 g/mol. The molecule has 2 nitrogen and oxygen atoms in total. The van der Waals surface area contributed by atoms with E-state index in [1.165, 1.54) is 57.1 Å². The molecule has 2 atom stereocenters. The van der Waals surface area contributed by atoms with Crippen molar-refractivity contribution in [3.05, 3.63) is 29.8 Å². The summed E-state index contributed by atoms with van der Waals surface area (Å²) in [6.45, 7) is 5.45. The van der Waals surface area contributed by atoms with Crippen molar-refractivity contribution in [1.82, 2.24) is 4.90 Å². The molecule has 0 spiro atoms. The first-order chi connectivity index (χ1) is 10.9. The quantitative estimate of drug-likeness (QED) is 0.684. The van der Waals surface area contributed by atoms with Gasteiger partial charge in [0.05, 0.1) is 6.61 Å². The highest BCUT2D eigenvalue weighted by Crippen LogP contribution is 2.36. The summed E-state index contributed by atoms with van der Waals surface area (Å²) >= 11 is 0. The van der Waals surface area contributed by atoms with Crippen molar-refractivity contribution in [1.29, 1.82) is 0 Å². The lowest BCUT2D eigenvalue weighted by atomic mass is 9.78. The lowest BCUT2D eigenvalue weighted by Crippen LogP contribution is -2.46. The van der Waals surface area contributed by atoms with Gasteiger partial charge >= 0.3 is 0 Å². The molecule has 1 aliphatic heterocycles. The Morgan fingerprint density at radius 3 is 2.64 bits per heavy atom. The van der Waals surface area contributed by atoms with Crippen LogP contribution in [0.5, 0.6) is 5.75 Å². The average Bonchev–Trinajstić information content (AvgIpc) is 2.57. The van der Waals surface area contributed by atoms with Gasteiger partial charge in [-0.1, -0.05) is 38.3 Å². The first-order valence-corrected chi connectivity index (χ1v) is 9.32. The number of likely N-dealkylation sites (tertiary alicyclic amines) is 1. The molecule has 2 aliphatic rings. The summed E-state index contributed by atoms with van der Waals surface area (Å²) in [6.07, 6.45) is 11.0. The van der Waals surface area contributed by atoms with Crippen molar-refractivity contribution < 1.29 is 4.74 Å². The molecule has 0 amide bonds. The van der Waals surface area contributed by atoms with E-state index in [-0.39, 0.29) is 0 Å². The summed E-state index contributed by atoms with van der Waals surface area (Å²) in [5, 5.41) is 0. The zero-order valence-electron chi connectivity index (χ0n) is 14.1. The molecule has 1 aromatic rings. The fraction of sp³-hybridized carbons (Fsp3) is 0.700. The minimum Gasteiger partial charge on any atom is -0.494 e. The fourth-order valence-corrected chi connectivity index (χ4v) is 4.18. The van der Waals surface area contributed by atoms with E-state index in [0.717, 1.165) is 37.3 Å². The summed E-state index contributed by atoms with van der Waals surface area (Å²) in [7, 11) is 0. The van der Waals surface area contributed by atoms with Gasteiger partial charge in [-0.25, -0.2) is 0 Å². The number of nitrogens with zero attached hydrogens (tertiary/aromatic N) is 1. The number of hydrogen-bond donors (Lipinski definition) is 0. The Hall–Kier alpha value is -1.02. The number of unbranched alkanes of at least 4 members (excludes halogenated alkanes) is 1. The van der Waals surface area contributed by atoms with Gasteiger partial charge in [-0.2, -0.15) is 0 Å². The maximum Gasteiger partial charge on any atom is 0.119 e. The molecule has 0 bridgehead atoms. The standard InChI is InChI=1S/C20H31NO/c1-2-3-15-22-19-12-10-17(11-13-19)16-21-14-6-8-18-7-4-5-9-20(18)21/h10-13,18,20H,2-9,14-16H2,1H3/t18-,20+/m1/s1. The Morgan fingerprint density at radius 2 is 1.82 bits per heavy atom. The summed E-state index contributed by atoms with van der Waals surface area (Å²) in [6, 6.07) is 9.66. The molecule has 22 heavy (non-hydrogen) atoms. The predicted molar refractivity (Wildman–Crippen MR) is 92.2 cm³/mol. The Labute approximate surface area is 135 Å². The molecule has 0 radical (unpaired) electrons. The third kappa shape index (κ3) is 4.04. The molecular weight excluding hydrogens is 270 g/mol. The molecular formula is C20H31NO. The molecule has 2 fully saturated rings. The predicted octanol–water partition coefficient (Wildman–Crippen LogP) is 5.02. The smallest absolute Gasteiger partial charge is 0.119 e. The molecule has 1 heterocycles. The summed E-state index contributed by atoms with van der Waals surface area (Å²) in [4.78, 5) is 2.75. The van der Waals surface area contributed by atoms with E-state index in [1.54, 1.807) is 0 Å². The van der Waals surface area contributed by atoms with Crippen LogP contribution in [0.3, 0.4) is 0 Å². The van der Waals surface area contributed by atoms with Crippen LogP contribution in [0.15, 0.2) is 24.3 Å². The van der Waals surface area contributed by atoms with Crippen molar-refractivity contribution in [3.63, 3.8) is 0 Å². The second-order valence-corrected chi connectivity index (χ2v) is 7.07. The van der Waals surface area contributed by atoms with Crippen LogP contribution in [-0.4, -0.2) is 24.1 Å². The molecule has 1 aliphatic carbocycles. The van der Waals surface area contributed by atoms with Crippen LogP contribution < -0.4 is 4.74 Å². The van der Waals surface area contributed by atoms with Crippen LogP contribution in [0.4, 0.5) is 0 Å². The lowest BCUT2D eigenvalue weighted by molar-refractivity contribution is 0.0547. The topological polar surface area (TPSA) is 12.5 Å². The molecule has 0 aromatic heterocycles. The van der Waals surface area contributed by atoms with E-state index in [9.17, 15) is 0 Å². The Bertz CT molecular complexity index is 440. The molecule has 1 saturated heterocycles. The van der Waals surface area contributed by atoms with Crippen LogP contribution in [0.25, 0.3) is 0 Å². The molecule has 122 valence electrons. The third-order valence-corrected chi connectivity index (χ3v) is 5.43. The Balaban J connectivity index is 1.55. The first-order valence-electron chi connectivity index (χ1n) is 9.32. The second kappa shape index (κ2) is 8.01. The number of piperidine rings is 1. The van der Waals surface area contributed by atoms with E-state index in [1.807, 2.05) is 0 Å². The van der Waals surface area contributed by atoms with Crippen molar-refractivity contribution in [2.75, 3.05) is 13.2 Å². The molecule has 1 saturated carbocycles. The van der Waals surface area contributed by atoms with E-state index < -0.39 is 0 Å². The van der Waals surface area contributed by atoms with Crippen LogP contribution in [0, 0.1) is 5.92 Å². The Kier molecular flexibility index (Phi) is 5.77. The molecule has 0 N–H and O–H groups in total. The second-order valence-electron chi connectivity index (χ2n) is 7.07. The van der Waals surface area contributed by atoms with Gasteiger partial charge in [0, 0.05) is 12.6 Å². The van der Waals surface area contributed by atoms with E-state index >= 15 is 0 Å². The highest BCUT2D eigenvalue weighted by Gasteiger charge is 2.32. The number of benzene rings is 1. The van der Waals surface area contributed by atoms with Gasteiger partial charge in [-0.15, -0.1) is 0 Å². The first kappa shape index (κ1) is 15.9. The van der Waals surface area contributed by atoms with Gasteiger partial charge in [0.1, 0.15) is 5.75 Å². The summed E-state index contributed by atoms with van der Waals surface area (Å²) < 4.78 is 5.76. The van der Waals surface area contributed by atoms with Crippen molar-refractivity contribution in [3.8, 4) is 5.75 Å². The normalized spacial score (nSPS) is 25.7. The number of fused-ring (bicyclic) bond motifs is 1. The summed E-state index contributed by atoms with van der Waals surface area (Å²) in [5.74, 6) is 1.99. The van der Waals surface area contributed by atoms with Crippen molar-refractivity contribution in [2.45, 2.75) is 70.9 Å². The highest BCUT2D eigenvalue weighted by atomic mass is 16.5. The van der Waals surface area contributed by atoms with Gasteiger partial charge < -0.3 is 4.74 Å². The van der Waals surface area contributed by atoms with Crippen LogP contribution in [0.1, 0.15) is 63.9 Å². The van der Waals surface area contributed by atoms with Crippen molar-refractivity contribution >= 4 is 0 Å². The number of rotatable bonds is 6. The van der Waals surface area contributed by atoms with Gasteiger partial charge in [-0.3, -0.25) is 4.90 Å². The van der Waals surface area contributed by atoms with E-state index in [0.29, 0.717) is 0 Å². The monoisotopic (exact) mass is 301 g/mol. The lowest BCUT2D eigenvalue weighted by Gasteiger charge is -2.44. The SMILES string of the molecule is CCCCOc1ccc(CN2CCC[C@H]3CCCC[C@@H]32)cc1.